The summed E-state index contributed by atoms with van der Waals surface area (Å²) in [6, 6.07) is 5.31. The van der Waals surface area contributed by atoms with E-state index in [1.54, 1.807) is 12.1 Å². The highest BCUT2D eigenvalue weighted by molar-refractivity contribution is 7.91. The first-order valence-corrected chi connectivity index (χ1v) is 7.46. The van der Waals surface area contributed by atoms with Crippen molar-refractivity contribution in [3.05, 3.63) is 23.8 Å². The van der Waals surface area contributed by atoms with Crippen LogP contribution in [0.15, 0.2) is 18.2 Å². The van der Waals surface area contributed by atoms with Crippen LogP contribution in [0.1, 0.15) is 18.9 Å². The van der Waals surface area contributed by atoms with Crippen molar-refractivity contribution in [1.82, 2.24) is 0 Å². The van der Waals surface area contributed by atoms with Crippen LogP contribution in [0.2, 0.25) is 0 Å². The minimum Gasteiger partial charge on any atom is -0.493 e. The van der Waals surface area contributed by atoms with Gasteiger partial charge < -0.3 is 10.5 Å². The molecular formula is C12H19NO3S. The third-order valence-corrected chi connectivity index (χ3v) is 4.24. The number of hydrogen-bond acceptors (Lipinski definition) is 4. The summed E-state index contributed by atoms with van der Waals surface area (Å²) >= 11 is 0. The monoisotopic (exact) mass is 257 g/mol. The van der Waals surface area contributed by atoms with Crippen LogP contribution in [0.3, 0.4) is 0 Å². The first-order chi connectivity index (χ1) is 7.94. The molecule has 0 atom stereocenters. The number of ether oxygens (including phenoxy) is 1. The smallest absolute Gasteiger partial charge is 0.153 e. The maximum Gasteiger partial charge on any atom is 0.153 e. The number of nitrogen functional groups attached to an aromatic ring is 1. The lowest BCUT2D eigenvalue weighted by Gasteiger charge is -2.08. The Labute approximate surface area is 103 Å². The van der Waals surface area contributed by atoms with Crippen LogP contribution in [-0.4, -0.2) is 26.5 Å². The normalized spacial score (nSPS) is 11.4. The molecule has 0 heterocycles. The van der Waals surface area contributed by atoms with Crippen molar-refractivity contribution in [2.45, 2.75) is 20.3 Å². The average Bonchev–Trinajstić information content (AvgIpc) is 2.23. The molecule has 0 aliphatic heterocycles. The van der Waals surface area contributed by atoms with Crippen molar-refractivity contribution >= 4 is 15.5 Å². The molecule has 0 saturated heterocycles. The second-order valence-corrected chi connectivity index (χ2v) is 6.32. The van der Waals surface area contributed by atoms with Gasteiger partial charge in [-0.1, -0.05) is 6.92 Å². The summed E-state index contributed by atoms with van der Waals surface area (Å²) in [5, 5.41) is 0. The molecule has 0 fully saturated rings. The van der Waals surface area contributed by atoms with Gasteiger partial charge in [0.1, 0.15) is 12.4 Å². The van der Waals surface area contributed by atoms with E-state index in [0.717, 1.165) is 5.56 Å². The first kappa shape index (κ1) is 13.8. The van der Waals surface area contributed by atoms with E-state index in [0.29, 0.717) is 17.9 Å². The van der Waals surface area contributed by atoms with E-state index >= 15 is 0 Å². The van der Waals surface area contributed by atoms with Gasteiger partial charge in [0.15, 0.2) is 9.84 Å². The molecule has 0 saturated carbocycles. The van der Waals surface area contributed by atoms with Gasteiger partial charge in [0, 0.05) is 5.69 Å². The SMILES string of the molecule is CCCS(=O)(=O)CCOc1ccc(N)c(C)c1. The maximum atomic E-state index is 11.4. The fraction of sp³-hybridized carbons (Fsp3) is 0.500. The molecular weight excluding hydrogens is 238 g/mol. The summed E-state index contributed by atoms with van der Waals surface area (Å²) in [7, 11) is -2.97. The van der Waals surface area contributed by atoms with Gasteiger partial charge >= 0.3 is 0 Å². The van der Waals surface area contributed by atoms with E-state index in [-0.39, 0.29) is 18.1 Å². The fourth-order valence-electron chi connectivity index (χ4n) is 1.44. The van der Waals surface area contributed by atoms with E-state index in [9.17, 15) is 8.42 Å². The fourth-order valence-corrected chi connectivity index (χ4v) is 2.60. The number of sulfone groups is 1. The molecule has 1 aromatic rings. The molecule has 1 rings (SSSR count). The van der Waals surface area contributed by atoms with Crippen LogP contribution in [-0.2, 0) is 9.84 Å². The van der Waals surface area contributed by atoms with Crippen molar-refractivity contribution in [1.29, 1.82) is 0 Å². The Kier molecular flexibility index (Phi) is 4.81. The molecule has 17 heavy (non-hydrogen) atoms. The average molecular weight is 257 g/mol. The molecule has 0 bridgehead atoms. The van der Waals surface area contributed by atoms with Gasteiger partial charge in [-0.3, -0.25) is 0 Å². The summed E-state index contributed by atoms with van der Waals surface area (Å²) in [5.41, 5.74) is 7.31. The highest BCUT2D eigenvalue weighted by atomic mass is 32.2. The highest BCUT2D eigenvalue weighted by Crippen LogP contribution is 2.18. The van der Waals surface area contributed by atoms with Crippen molar-refractivity contribution in [2.75, 3.05) is 23.8 Å². The zero-order valence-corrected chi connectivity index (χ0v) is 11.1. The largest absolute Gasteiger partial charge is 0.493 e. The maximum absolute atomic E-state index is 11.4. The second kappa shape index (κ2) is 5.91. The third-order valence-electron chi connectivity index (χ3n) is 2.42. The Morgan fingerprint density at radius 2 is 2.00 bits per heavy atom. The number of benzene rings is 1. The molecule has 0 aromatic heterocycles. The van der Waals surface area contributed by atoms with E-state index in [1.807, 2.05) is 19.9 Å². The number of anilines is 1. The Balaban J connectivity index is 2.49. The molecule has 4 nitrogen and oxygen atoms in total. The van der Waals surface area contributed by atoms with E-state index < -0.39 is 9.84 Å². The molecule has 0 aliphatic carbocycles. The predicted octanol–water partition coefficient (Wildman–Crippen LogP) is 1.78. The Hall–Kier alpha value is -1.23. The minimum atomic E-state index is -2.97. The first-order valence-electron chi connectivity index (χ1n) is 5.64. The van der Waals surface area contributed by atoms with Crippen LogP contribution in [0.5, 0.6) is 5.75 Å². The number of rotatable bonds is 6. The zero-order chi connectivity index (χ0) is 12.9. The summed E-state index contributed by atoms with van der Waals surface area (Å²) in [6.07, 6.45) is 0.642. The number of aryl methyl sites for hydroxylation is 1. The summed E-state index contributed by atoms with van der Waals surface area (Å²) < 4.78 is 28.3. The summed E-state index contributed by atoms with van der Waals surface area (Å²) in [5.74, 6) is 0.935. The number of hydrogen-bond donors (Lipinski definition) is 1. The van der Waals surface area contributed by atoms with Gasteiger partial charge in [0.2, 0.25) is 0 Å². The topological polar surface area (TPSA) is 69.4 Å². The highest BCUT2D eigenvalue weighted by Gasteiger charge is 2.09. The van der Waals surface area contributed by atoms with Crippen LogP contribution in [0, 0.1) is 6.92 Å². The van der Waals surface area contributed by atoms with E-state index in [4.69, 9.17) is 10.5 Å². The summed E-state index contributed by atoms with van der Waals surface area (Å²) in [6.45, 7) is 3.92. The van der Waals surface area contributed by atoms with Crippen molar-refractivity contribution in [3.8, 4) is 5.75 Å². The minimum absolute atomic E-state index is 0.0598. The van der Waals surface area contributed by atoms with Gasteiger partial charge in [0.25, 0.3) is 0 Å². The van der Waals surface area contributed by atoms with Crippen LogP contribution >= 0.6 is 0 Å². The van der Waals surface area contributed by atoms with Crippen LogP contribution in [0.4, 0.5) is 5.69 Å². The molecule has 0 amide bonds. The van der Waals surface area contributed by atoms with Crippen LogP contribution in [0.25, 0.3) is 0 Å². The van der Waals surface area contributed by atoms with E-state index in [2.05, 4.69) is 0 Å². The lowest BCUT2D eigenvalue weighted by atomic mass is 10.2. The van der Waals surface area contributed by atoms with Gasteiger partial charge in [-0.05, 0) is 37.1 Å². The Morgan fingerprint density at radius 3 is 2.59 bits per heavy atom. The van der Waals surface area contributed by atoms with Crippen LogP contribution < -0.4 is 10.5 Å². The van der Waals surface area contributed by atoms with Gasteiger partial charge in [-0.15, -0.1) is 0 Å². The van der Waals surface area contributed by atoms with Crippen molar-refractivity contribution in [2.24, 2.45) is 0 Å². The van der Waals surface area contributed by atoms with Crippen molar-refractivity contribution < 1.29 is 13.2 Å². The molecule has 0 spiro atoms. The number of nitrogens with two attached hydrogens (primary N) is 1. The summed E-state index contributed by atoms with van der Waals surface area (Å²) in [4.78, 5) is 0. The molecule has 2 N–H and O–H groups in total. The van der Waals surface area contributed by atoms with Gasteiger partial charge in [-0.2, -0.15) is 0 Å². The molecule has 5 heteroatoms. The van der Waals surface area contributed by atoms with Crippen molar-refractivity contribution in [3.63, 3.8) is 0 Å². The van der Waals surface area contributed by atoms with Gasteiger partial charge in [-0.25, -0.2) is 8.42 Å². The lowest BCUT2D eigenvalue weighted by Crippen LogP contribution is -2.16. The molecule has 1 aromatic carbocycles. The zero-order valence-electron chi connectivity index (χ0n) is 10.3. The quantitative estimate of drug-likeness (QED) is 0.789. The predicted molar refractivity (Wildman–Crippen MR) is 70.0 cm³/mol. The second-order valence-electron chi connectivity index (χ2n) is 4.02. The molecule has 96 valence electrons. The molecule has 0 aliphatic rings. The van der Waals surface area contributed by atoms with E-state index in [1.165, 1.54) is 0 Å². The molecule has 0 unspecified atom stereocenters. The Bertz CT molecular complexity index is 469. The van der Waals surface area contributed by atoms with Gasteiger partial charge in [0.05, 0.1) is 11.5 Å². The molecule has 0 radical (unpaired) electrons. The third kappa shape index (κ3) is 4.65. The lowest BCUT2D eigenvalue weighted by molar-refractivity contribution is 0.340. The Morgan fingerprint density at radius 1 is 1.29 bits per heavy atom. The standard InChI is InChI=1S/C12H19NO3S/c1-3-7-17(14,15)8-6-16-11-4-5-12(13)10(2)9-11/h4-5,9H,3,6-8,13H2,1-2H3.